The molecule has 1 aromatic heterocycles. The second-order valence-electron chi connectivity index (χ2n) is 5.15. The monoisotopic (exact) mass is 288 g/mol. The molecule has 0 saturated carbocycles. The van der Waals surface area contributed by atoms with E-state index in [0.717, 1.165) is 16.9 Å². The van der Waals surface area contributed by atoms with E-state index in [0.29, 0.717) is 12.4 Å². The molecule has 0 unspecified atom stereocenters. The van der Waals surface area contributed by atoms with Gasteiger partial charge >= 0.3 is 0 Å². The molecule has 1 heterocycles. The van der Waals surface area contributed by atoms with Crippen LogP contribution in [0.5, 0.6) is 5.75 Å². The third kappa shape index (κ3) is 3.81. The van der Waals surface area contributed by atoms with E-state index < -0.39 is 0 Å². The number of nitrogens with one attached hydrogen (secondary N) is 1. The highest BCUT2D eigenvalue weighted by molar-refractivity contribution is 5.77. The van der Waals surface area contributed by atoms with Gasteiger partial charge < -0.3 is 14.6 Å². The van der Waals surface area contributed by atoms with Gasteiger partial charge in [-0.2, -0.15) is 0 Å². The van der Waals surface area contributed by atoms with Gasteiger partial charge in [0, 0.05) is 7.05 Å². The number of carbonyl (C=O) groups excluding carboxylic acids is 1. The summed E-state index contributed by atoms with van der Waals surface area (Å²) in [7, 11) is 1.83. The van der Waals surface area contributed by atoms with E-state index in [9.17, 15) is 4.79 Å². The molecule has 2 aromatic rings. The molecular weight excluding hydrogens is 268 g/mol. The number of carbonyl (C=O) groups is 1. The van der Waals surface area contributed by atoms with Crippen LogP contribution in [0.1, 0.15) is 22.5 Å². The van der Waals surface area contributed by atoms with Crippen molar-refractivity contribution in [1.82, 2.24) is 20.1 Å². The van der Waals surface area contributed by atoms with Crippen molar-refractivity contribution in [2.24, 2.45) is 7.05 Å². The first-order chi connectivity index (χ1) is 9.97. The molecule has 6 nitrogen and oxygen atoms in total. The lowest BCUT2D eigenvalue weighted by Gasteiger charge is -2.13. The highest BCUT2D eigenvalue weighted by Gasteiger charge is 2.09. The third-order valence-corrected chi connectivity index (χ3v) is 3.20. The summed E-state index contributed by atoms with van der Waals surface area (Å²) in [4.78, 5) is 11.8. The molecule has 0 bridgehead atoms. The smallest absolute Gasteiger partial charge is 0.258 e. The number of aromatic nitrogens is 3. The van der Waals surface area contributed by atoms with Gasteiger partial charge in [-0.15, -0.1) is 10.2 Å². The van der Waals surface area contributed by atoms with E-state index in [2.05, 4.69) is 15.5 Å². The molecule has 0 saturated heterocycles. The molecule has 0 aliphatic carbocycles. The van der Waals surface area contributed by atoms with Crippen LogP contribution >= 0.6 is 0 Å². The average Bonchev–Trinajstić information content (AvgIpc) is 2.80. The largest absolute Gasteiger partial charge is 0.483 e. The summed E-state index contributed by atoms with van der Waals surface area (Å²) in [5.74, 6) is 1.29. The lowest BCUT2D eigenvalue weighted by atomic mass is 10.1. The number of hydrogen-bond donors (Lipinski definition) is 1. The van der Waals surface area contributed by atoms with Gasteiger partial charge in [-0.3, -0.25) is 4.79 Å². The zero-order chi connectivity index (χ0) is 15.4. The maximum Gasteiger partial charge on any atom is 0.258 e. The molecule has 1 N–H and O–H groups in total. The summed E-state index contributed by atoms with van der Waals surface area (Å²) in [6, 6.07) is 4.08. The fourth-order valence-electron chi connectivity index (χ4n) is 2.23. The van der Waals surface area contributed by atoms with Crippen molar-refractivity contribution in [1.29, 1.82) is 0 Å². The Morgan fingerprint density at radius 1 is 1.29 bits per heavy atom. The molecule has 1 aromatic carbocycles. The number of nitrogens with zero attached hydrogens (tertiary/aromatic N) is 3. The predicted molar refractivity (Wildman–Crippen MR) is 79.0 cm³/mol. The van der Waals surface area contributed by atoms with Crippen molar-refractivity contribution in [2.75, 3.05) is 6.61 Å². The van der Waals surface area contributed by atoms with Gasteiger partial charge in [0.25, 0.3) is 5.91 Å². The van der Waals surface area contributed by atoms with Crippen LogP contribution in [-0.4, -0.2) is 27.3 Å². The first-order valence-corrected chi connectivity index (χ1v) is 6.77. The zero-order valence-corrected chi connectivity index (χ0v) is 12.8. The molecule has 2 rings (SSSR count). The highest BCUT2D eigenvalue weighted by Crippen LogP contribution is 2.24. The van der Waals surface area contributed by atoms with E-state index in [1.54, 1.807) is 10.9 Å². The standard InChI is InChI=1S/C15H20N4O2/c1-10-5-11(2)15(12(3)6-10)21-8-14(20)16-7-13-18-17-9-19(13)4/h5-6,9H,7-8H2,1-4H3,(H,16,20). The van der Waals surface area contributed by atoms with Crippen LogP contribution < -0.4 is 10.1 Å². The van der Waals surface area contributed by atoms with Crippen molar-refractivity contribution < 1.29 is 9.53 Å². The molecule has 0 atom stereocenters. The van der Waals surface area contributed by atoms with Crippen molar-refractivity contribution in [3.05, 3.63) is 41.0 Å². The van der Waals surface area contributed by atoms with Gasteiger partial charge in [0.05, 0.1) is 6.54 Å². The normalized spacial score (nSPS) is 10.5. The maximum absolute atomic E-state index is 11.8. The average molecular weight is 288 g/mol. The Hall–Kier alpha value is -2.37. The van der Waals surface area contributed by atoms with Gasteiger partial charge in [0.15, 0.2) is 12.4 Å². The van der Waals surface area contributed by atoms with E-state index >= 15 is 0 Å². The molecule has 1 amide bonds. The number of amides is 1. The SMILES string of the molecule is Cc1cc(C)c(OCC(=O)NCc2nncn2C)c(C)c1. The van der Waals surface area contributed by atoms with Crippen molar-refractivity contribution in [3.63, 3.8) is 0 Å². The molecule has 21 heavy (non-hydrogen) atoms. The number of ether oxygens (including phenoxy) is 1. The van der Waals surface area contributed by atoms with Gasteiger partial charge in [0.2, 0.25) is 0 Å². The Bertz CT molecular complexity index is 626. The fourth-order valence-corrected chi connectivity index (χ4v) is 2.23. The quantitative estimate of drug-likeness (QED) is 0.904. The Kier molecular flexibility index (Phi) is 4.57. The number of aryl methyl sites for hydroxylation is 4. The second-order valence-corrected chi connectivity index (χ2v) is 5.15. The Balaban J connectivity index is 1.88. The Labute approximate surface area is 124 Å². The third-order valence-electron chi connectivity index (χ3n) is 3.20. The van der Waals surface area contributed by atoms with Gasteiger partial charge in [-0.25, -0.2) is 0 Å². The molecular formula is C15H20N4O2. The second kappa shape index (κ2) is 6.39. The van der Waals surface area contributed by atoms with Crippen molar-refractivity contribution in [3.8, 4) is 5.75 Å². The van der Waals surface area contributed by atoms with E-state index in [1.807, 2.05) is 40.0 Å². The minimum absolute atomic E-state index is 0.0113. The predicted octanol–water partition coefficient (Wildman–Crippen LogP) is 1.44. The van der Waals surface area contributed by atoms with Crippen LogP contribution in [0, 0.1) is 20.8 Å². The Morgan fingerprint density at radius 3 is 2.52 bits per heavy atom. The lowest BCUT2D eigenvalue weighted by Crippen LogP contribution is -2.29. The minimum Gasteiger partial charge on any atom is -0.483 e. The molecule has 0 aliphatic rings. The van der Waals surface area contributed by atoms with Crippen LogP contribution in [0.4, 0.5) is 0 Å². The molecule has 0 aliphatic heterocycles. The summed E-state index contributed by atoms with van der Waals surface area (Å²) >= 11 is 0. The fraction of sp³-hybridized carbons (Fsp3) is 0.400. The number of rotatable bonds is 5. The summed E-state index contributed by atoms with van der Waals surface area (Å²) < 4.78 is 7.39. The minimum atomic E-state index is -0.183. The summed E-state index contributed by atoms with van der Waals surface area (Å²) in [6.07, 6.45) is 1.59. The topological polar surface area (TPSA) is 69.0 Å². The van der Waals surface area contributed by atoms with Gasteiger partial charge in [-0.1, -0.05) is 17.7 Å². The van der Waals surface area contributed by atoms with Crippen molar-refractivity contribution >= 4 is 5.91 Å². The molecule has 0 radical (unpaired) electrons. The maximum atomic E-state index is 11.8. The first-order valence-electron chi connectivity index (χ1n) is 6.77. The molecule has 6 heteroatoms. The van der Waals surface area contributed by atoms with E-state index in [-0.39, 0.29) is 12.5 Å². The van der Waals surface area contributed by atoms with E-state index in [4.69, 9.17) is 4.74 Å². The first kappa shape index (κ1) is 15.0. The molecule has 112 valence electrons. The van der Waals surface area contributed by atoms with Gasteiger partial charge in [-0.05, 0) is 31.9 Å². The van der Waals surface area contributed by atoms with Crippen LogP contribution in [0.15, 0.2) is 18.5 Å². The van der Waals surface area contributed by atoms with Gasteiger partial charge in [0.1, 0.15) is 12.1 Å². The molecule has 0 spiro atoms. The van der Waals surface area contributed by atoms with Crippen LogP contribution in [0.2, 0.25) is 0 Å². The summed E-state index contributed by atoms with van der Waals surface area (Å²) in [5, 5.41) is 10.4. The lowest BCUT2D eigenvalue weighted by molar-refractivity contribution is -0.123. The summed E-state index contributed by atoms with van der Waals surface area (Å²) in [6.45, 7) is 6.32. The zero-order valence-electron chi connectivity index (χ0n) is 12.8. The number of benzene rings is 1. The summed E-state index contributed by atoms with van der Waals surface area (Å²) in [5.41, 5.74) is 3.26. The van der Waals surface area contributed by atoms with Crippen molar-refractivity contribution in [2.45, 2.75) is 27.3 Å². The van der Waals surface area contributed by atoms with Crippen LogP contribution in [-0.2, 0) is 18.4 Å². The van der Waals surface area contributed by atoms with E-state index in [1.165, 1.54) is 5.56 Å². The van der Waals surface area contributed by atoms with Crippen LogP contribution in [0.25, 0.3) is 0 Å². The molecule has 0 fully saturated rings. The Morgan fingerprint density at radius 2 is 1.95 bits per heavy atom. The number of hydrogen-bond acceptors (Lipinski definition) is 4. The van der Waals surface area contributed by atoms with Crippen LogP contribution in [0.3, 0.4) is 0 Å². The highest BCUT2D eigenvalue weighted by atomic mass is 16.5.